The van der Waals surface area contributed by atoms with E-state index in [2.05, 4.69) is 15.5 Å². The smallest absolute Gasteiger partial charge is 0.220 e. The molecule has 1 heterocycles. The van der Waals surface area contributed by atoms with Gasteiger partial charge in [-0.15, -0.1) is 12.4 Å². The zero-order valence-corrected chi connectivity index (χ0v) is 15.2. The number of benzene rings is 1. The lowest BCUT2D eigenvalue weighted by Crippen LogP contribution is -2.46. The molecule has 1 saturated heterocycles. The monoisotopic (exact) mass is 373 g/mol. The number of halogens is 2. The first-order valence-corrected chi connectivity index (χ1v) is 8.16. The van der Waals surface area contributed by atoms with Gasteiger partial charge in [-0.25, -0.2) is 4.39 Å². The third-order valence-corrected chi connectivity index (χ3v) is 4.01. The molecule has 0 saturated carbocycles. The van der Waals surface area contributed by atoms with Gasteiger partial charge in [0.15, 0.2) is 17.3 Å². The number of piperazine rings is 1. The lowest BCUT2D eigenvalue weighted by atomic mass is 10.1. The van der Waals surface area contributed by atoms with Crippen LogP contribution in [-0.4, -0.2) is 63.0 Å². The Morgan fingerprint density at radius 3 is 2.64 bits per heavy atom. The zero-order chi connectivity index (χ0) is 17.4. The SMILES string of the molecule is COc1ccc(C(=O)CCC(=O)NCCN2CCNCC2)cc1F.Cl. The van der Waals surface area contributed by atoms with Gasteiger partial charge in [-0.05, 0) is 18.2 Å². The largest absolute Gasteiger partial charge is 0.494 e. The van der Waals surface area contributed by atoms with Gasteiger partial charge in [0, 0.05) is 57.7 Å². The maximum atomic E-state index is 13.6. The number of ketones is 1. The van der Waals surface area contributed by atoms with Crippen LogP contribution in [0, 0.1) is 5.82 Å². The number of hydrogen-bond acceptors (Lipinski definition) is 5. The van der Waals surface area contributed by atoms with Gasteiger partial charge < -0.3 is 15.4 Å². The summed E-state index contributed by atoms with van der Waals surface area (Å²) in [6.07, 6.45) is 0.166. The first-order valence-electron chi connectivity index (χ1n) is 8.16. The Hall–Kier alpha value is -1.70. The van der Waals surface area contributed by atoms with Crippen molar-refractivity contribution in [3.05, 3.63) is 29.6 Å². The highest BCUT2D eigenvalue weighted by Gasteiger charge is 2.13. The van der Waals surface area contributed by atoms with Crippen LogP contribution in [0.25, 0.3) is 0 Å². The van der Waals surface area contributed by atoms with Crippen molar-refractivity contribution >= 4 is 24.1 Å². The van der Waals surface area contributed by atoms with Crippen LogP contribution >= 0.6 is 12.4 Å². The van der Waals surface area contributed by atoms with Crippen molar-refractivity contribution in [2.75, 3.05) is 46.4 Å². The van der Waals surface area contributed by atoms with Gasteiger partial charge in [-0.3, -0.25) is 14.5 Å². The molecule has 1 aromatic carbocycles. The topological polar surface area (TPSA) is 70.7 Å². The Morgan fingerprint density at radius 1 is 1.28 bits per heavy atom. The van der Waals surface area contributed by atoms with Crippen LogP contribution in [0.2, 0.25) is 0 Å². The number of methoxy groups -OCH3 is 1. The Labute approximate surface area is 153 Å². The number of ether oxygens (including phenoxy) is 1. The quantitative estimate of drug-likeness (QED) is 0.671. The molecule has 140 valence electrons. The van der Waals surface area contributed by atoms with Crippen molar-refractivity contribution in [3.63, 3.8) is 0 Å². The number of nitrogens with zero attached hydrogens (tertiary/aromatic N) is 1. The predicted molar refractivity (Wildman–Crippen MR) is 96.1 cm³/mol. The van der Waals surface area contributed by atoms with Gasteiger partial charge in [0.1, 0.15) is 0 Å². The minimum absolute atomic E-state index is 0. The number of Topliss-reactive ketones (excluding diaryl/α,β-unsaturated/α-hetero) is 1. The lowest BCUT2D eigenvalue weighted by Gasteiger charge is -2.27. The summed E-state index contributed by atoms with van der Waals surface area (Å²) in [4.78, 5) is 26.1. The van der Waals surface area contributed by atoms with Crippen LogP contribution in [0.15, 0.2) is 18.2 Å². The van der Waals surface area contributed by atoms with E-state index >= 15 is 0 Å². The normalized spacial score (nSPS) is 14.5. The van der Waals surface area contributed by atoms with Crippen LogP contribution in [-0.2, 0) is 4.79 Å². The molecular weight excluding hydrogens is 349 g/mol. The number of nitrogens with one attached hydrogen (secondary N) is 2. The standard InChI is InChI=1S/C17H24FN3O3.ClH/c1-24-16-4-2-13(12-14(16)18)15(22)3-5-17(23)20-8-11-21-9-6-19-7-10-21;/h2,4,12,19H,3,5-11H2,1H3,(H,20,23);1H. The van der Waals surface area contributed by atoms with Crippen molar-refractivity contribution in [1.29, 1.82) is 0 Å². The van der Waals surface area contributed by atoms with E-state index in [9.17, 15) is 14.0 Å². The average Bonchev–Trinajstić information content (AvgIpc) is 2.60. The first-order chi connectivity index (χ1) is 11.6. The fraction of sp³-hybridized carbons (Fsp3) is 0.529. The van der Waals surface area contributed by atoms with Crippen molar-refractivity contribution < 1.29 is 18.7 Å². The molecule has 6 nitrogen and oxygen atoms in total. The molecule has 1 amide bonds. The molecule has 0 aromatic heterocycles. The summed E-state index contributed by atoms with van der Waals surface area (Å²) in [7, 11) is 1.37. The molecule has 25 heavy (non-hydrogen) atoms. The van der Waals surface area contributed by atoms with Crippen LogP contribution < -0.4 is 15.4 Å². The molecule has 1 aromatic rings. The van der Waals surface area contributed by atoms with E-state index in [1.54, 1.807) is 0 Å². The van der Waals surface area contributed by atoms with Gasteiger partial charge in [0.25, 0.3) is 0 Å². The number of carbonyl (C=O) groups is 2. The Kier molecular flexibility index (Phi) is 9.41. The van der Waals surface area contributed by atoms with Gasteiger partial charge in [0.2, 0.25) is 5.91 Å². The summed E-state index contributed by atoms with van der Waals surface area (Å²) < 4.78 is 18.4. The molecule has 0 radical (unpaired) electrons. The second-order valence-electron chi connectivity index (χ2n) is 5.71. The summed E-state index contributed by atoms with van der Waals surface area (Å²) in [5, 5.41) is 6.09. The third-order valence-electron chi connectivity index (χ3n) is 4.01. The Morgan fingerprint density at radius 2 is 2.00 bits per heavy atom. The molecule has 8 heteroatoms. The molecule has 0 unspecified atom stereocenters. The Balaban J connectivity index is 0.00000312. The molecule has 0 atom stereocenters. The summed E-state index contributed by atoms with van der Waals surface area (Å²) in [6.45, 7) is 5.30. The van der Waals surface area contributed by atoms with Crippen LogP contribution in [0.4, 0.5) is 4.39 Å². The lowest BCUT2D eigenvalue weighted by molar-refractivity contribution is -0.121. The van der Waals surface area contributed by atoms with E-state index in [1.807, 2.05) is 0 Å². The molecule has 0 aliphatic carbocycles. The number of hydrogen-bond donors (Lipinski definition) is 2. The third kappa shape index (κ3) is 6.97. The molecule has 1 aliphatic rings. The number of amides is 1. The minimum atomic E-state index is -0.580. The molecule has 2 N–H and O–H groups in total. The maximum Gasteiger partial charge on any atom is 0.220 e. The van der Waals surface area contributed by atoms with Crippen molar-refractivity contribution in [1.82, 2.24) is 15.5 Å². The summed E-state index contributed by atoms with van der Waals surface area (Å²) in [5.41, 5.74) is 0.252. The average molecular weight is 374 g/mol. The van der Waals surface area contributed by atoms with Crippen LogP contribution in [0.3, 0.4) is 0 Å². The Bertz CT molecular complexity index is 580. The van der Waals surface area contributed by atoms with E-state index in [4.69, 9.17) is 4.74 Å². The molecule has 0 bridgehead atoms. The van der Waals surface area contributed by atoms with Gasteiger partial charge in [-0.2, -0.15) is 0 Å². The van der Waals surface area contributed by atoms with Gasteiger partial charge in [0.05, 0.1) is 7.11 Å². The fourth-order valence-electron chi connectivity index (χ4n) is 2.59. The second-order valence-corrected chi connectivity index (χ2v) is 5.71. The molecular formula is C17H25ClFN3O3. The highest BCUT2D eigenvalue weighted by atomic mass is 35.5. The molecule has 1 aliphatic heterocycles. The van der Waals surface area contributed by atoms with E-state index in [1.165, 1.54) is 19.2 Å². The molecule has 2 rings (SSSR count). The predicted octanol–water partition coefficient (Wildman–Crippen LogP) is 1.24. The molecule has 1 fully saturated rings. The van der Waals surface area contributed by atoms with Crippen molar-refractivity contribution in [2.24, 2.45) is 0 Å². The summed E-state index contributed by atoms with van der Waals surface area (Å²) in [6, 6.07) is 4.06. The van der Waals surface area contributed by atoms with Crippen LogP contribution in [0.1, 0.15) is 23.2 Å². The summed E-state index contributed by atoms with van der Waals surface area (Å²) >= 11 is 0. The first kappa shape index (κ1) is 21.3. The van der Waals surface area contributed by atoms with E-state index < -0.39 is 5.82 Å². The van der Waals surface area contributed by atoms with Crippen molar-refractivity contribution in [3.8, 4) is 5.75 Å². The highest BCUT2D eigenvalue weighted by Crippen LogP contribution is 2.18. The second kappa shape index (κ2) is 11.0. The minimum Gasteiger partial charge on any atom is -0.494 e. The van der Waals surface area contributed by atoms with Crippen molar-refractivity contribution in [2.45, 2.75) is 12.8 Å². The van der Waals surface area contributed by atoms with E-state index in [0.29, 0.717) is 6.54 Å². The number of carbonyl (C=O) groups excluding carboxylic acids is 2. The highest BCUT2D eigenvalue weighted by molar-refractivity contribution is 5.98. The van der Waals surface area contributed by atoms with Gasteiger partial charge >= 0.3 is 0 Å². The zero-order valence-electron chi connectivity index (χ0n) is 14.3. The van der Waals surface area contributed by atoms with E-state index in [-0.39, 0.29) is 48.3 Å². The maximum absolute atomic E-state index is 13.6. The fourth-order valence-corrected chi connectivity index (χ4v) is 2.59. The van der Waals surface area contributed by atoms with E-state index in [0.717, 1.165) is 38.8 Å². The number of rotatable bonds is 8. The van der Waals surface area contributed by atoms with Gasteiger partial charge in [-0.1, -0.05) is 0 Å². The van der Waals surface area contributed by atoms with Crippen LogP contribution in [0.5, 0.6) is 5.75 Å². The summed E-state index contributed by atoms with van der Waals surface area (Å²) in [5.74, 6) is -0.901. The molecule has 0 spiro atoms.